The summed E-state index contributed by atoms with van der Waals surface area (Å²) in [6, 6.07) is 4.05. The largest absolute Gasteiger partial charge is 0.364 e. The Hall–Kier alpha value is -1.29. The van der Waals surface area contributed by atoms with Gasteiger partial charge >= 0.3 is 0 Å². The normalized spacial score (nSPS) is 20.5. The summed E-state index contributed by atoms with van der Waals surface area (Å²) in [5.41, 5.74) is 1.09. The maximum Gasteiger partial charge on any atom is 0.237 e. The van der Waals surface area contributed by atoms with Gasteiger partial charge in [-0.1, -0.05) is 13.8 Å². The molecule has 17 heavy (non-hydrogen) atoms. The first-order valence-electron chi connectivity index (χ1n) is 6.24. The summed E-state index contributed by atoms with van der Waals surface area (Å²) in [5.74, 6) is 0.127. The van der Waals surface area contributed by atoms with Crippen LogP contribution in [-0.2, 0) is 10.2 Å². The van der Waals surface area contributed by atoms with Gasteiger partial charge in [0, 0.05) is 23.9 Å². The van der Waals surface area contributed by atoms with E-state index in [4.69, 9.17) is 0 Å². The molecule has 1 aliphatic rings. The second-order valence-electron chi connectivity index (χ2n) is 5.33. The van der Waals surface area contributed by atoms with Crippen LogP contribution in [0.5, 0.6) is 0 Å². The Kier molecular flexibility index (Phi) is 3.52. The first-order chi connectivity index (χ1) is 8.09. The van der Waals surface area contributed by atoms with E-state index in [0.29, 0.717) is 6.54 Å². The van der Waals surface area contributed by atoms with E-state index < -0.39 is 0 Å². The minimum absolute atomic E-state index is 0.00874. The topological polar surface area (TPSA) is 56.9 Å². The molecule has 1 saturated heterocycles. The molecule has 1 aromatic heterocycles. The summed E-state index contributed by atoms with van der Waals surface area (Å²) < 4.78 is 0. The third-order valence-corrected chi connectivity index (χ3v) is 3.41. The fourth-order valence-corrected chi connectivity index (χ4v) is 2.19. The Balaban J connectivity index is 1.87. The van der Waals surface area contributed by atoms with E-state index in [1.807, 2.05) is 12.3 Å². The number of carbonyl (C=O) groups excluding carboxylic acids is 1. The first kappa shape index (κ1) is 12.2. The van der Waals surface area contributed by atoms with Gasteiger partial charge in [0.1, 0.15) is 0 Å². The zero-order valence-corrected chi connectivity index (χ0v) is 10.5. The maximum absolute atomic E-state index is 11.9. The predicted molar refractivity (Wildman–Crippen MR) is 67.9 cm³/mol. The second-order valence-corrected chi connectivity index (χ2v) is 5.33. The molecule has 4 nitrogen and oxygen atoms in total. The number of amides is 1. The lowest BCUT2D eigenvalue weighted by molar-refractivity contribution is -0.123. The number of nitrogens with one attached hydrogen (secondary N) is 3. The molecule has 3 N–H and O–H groups in total. The Labute approximate surface area is 102 Å². The van der Waals surface area contributed by atoms with Crippen molar-refractivity contribution < 1.29 is 4.79 Å². The number of hydrogen-bond donors (Lipinski definition) is 3. The molecule has 4 heteroatoms. The molecule has 2 rings (SSSR count). The van der Waals surface area contributed by atoms with E-state index in [1.165, 1.54) is 0 Å². The highest BCUT2D eigenvalue weighted by atomic mass is 16.2. The maximum atomic E-state index is 11.9. The molecule has 0 radical (unpaired) electrons. The van der Waals surface area contributed by atoms with Crippen LogP contribution in [0.4, 0.5) is 0 Å². The van der Waals surface area contributed by atoms with Gasteiger partial charge < -0.3 is 15.6 Å². The molecule has 0 aromatic carbocycles. The standard InChI is InChI=1S/C13H21N3O/c1-13(2,11-6-4-8-15-11)9-16-12(17)10-5-3-7-14-10/h4,6,8,10,14-15H,3,5,7,9H2,1-2H3,(H,16,17). The lowest BCUT2D eigenvalue weighted by Crippen LogP contribution is -2.45. The number of rotatable bonds is 4. The lowest BCUT2D eigenvalue weighted by atomic mass is 9.89. The van der Waals surface area contributed by atoms with Crippen molar-refractivity contribution in [1.82, 2.24) is 15.6 Å². The molecule has 94 valence electrons. The molecule has 1 fully saturated rings. The Morgan fingerprint density at radius 2 is 2.41 bits per heavy atom. The van der Waals surface area contributed by atoms with Crippen molar-refractivity contribution in [2.24, 2.45) is 0 Å². The number of H-pyrrole nitrogens is 1. The fraction of sp³-hybridized carbons (Fsp3) is 0.615. The van der Waals surface area contributed by atoms with Crippen molar-refractivity contribution >= 4 is 5.91 Å². The van der Waals surface area contributed by atoms with E-state index in [1.54, 1.807) is 0 Å². The molecule has 1 atom stereocenters. The van der Waals surface area contributed by atoms with Gasteiger partial charge in [0.15, 0.2) is 0 Å². The van der Waals surface area contributed by atoms with E-state index in [0.717, 1.165) is 25.1 Å². The first-order valence-corrected chi connectivity index (χ1v) is 6.24. The zero-order valence-electron chi connectivity index (χ0n) is 10.5. The van der Waals surface area contributed by atoms with E-state index in [2.05, 4.69) is 35.5 Å². The highest BCUT2D eigenvalue weighted by molar-refractivity contribution is 5.82. The monoisotopic (exact) mass is 235 g/mol. The summed E-state index contributed by atoms with van der Waals surface area (Å²) in [7, 11) is 0. The van der Waals surface area contributed by atoms with Crippen molar-refractivity contribution in [1.29, 1.82) is 0 Å². The van der Waals surface area contributed by atoms with Gasteiger partial charge in [0.25, 0.3) is 0 Å². The second kappa shape index (κ2) is 4.92. The third kappa shape index (κ3) is 2.88. The van der Waals surface area contributed by atoms with Gasteiger partial charge in [0.05, 0.1) is 6.04 Å². The Morgan fingerprint density at radius 3 is 3.00 bits per heavy atom. The van der Waals surface area contributed by atoms with E-state index in [-0.39, 0.29) is 17.4 Å². The molecule has 1 aliphatic heterocycles. The summed E-state index contributed by atoms with van der Waals surface area (Å²) in [6.45, 7) is 5.87. The van der Waals surface area contributed by atoms with Gasteiger partial charge in [-0.15, -0.1) is 0 Å². The van der Waals surface area contributed by atoms with Gasteiger partial charge in [-0.2, -0.15) is 0 Å². The van der Waals surface area contributed by atoms with E-state index in [9.17, 15) is 4.79 Å². The minimum atomic E-state index is -0.0578. The summed E-state index contributed by atoms with van der Waals surface area (Å²) in [4.78, 5) is 15.1. The van der Waals surface area contributed by atoms with Crippen LogP contribution in [0.25, 0.3) is 0 Å². The van der Waals surface area contributed by atoms with Crippen molar-refractivity contribution in [3.8, 4) is 0 Å². The van der Waals surface area contributed by atoms with Crippen LogP contribution in [0.3, 0.4) is 0 Å². The SMILES string of the molecule is CC(C)(CNC(=O)C1CCCN1)c1ccc[nH]1. The zero-order chi connectivity index (χ0) is 12.3. The number of carbonyl (C=O) groups is 1. The average Bonchev–Trinajstić information content (AvgIpc) is 2.97. The quantitative estimate of drug-likeness (QED) is 0.733. The molecule has 1 aromatic rings. The highest BCUT2D eigenvalue weighted by Gasteiger charge is 2.26. The van der Waals surface area contributed by atoms with E-state index >= 15 is 0 Å². The van der Waals surface area contributed by atoms with Crippen molar-refractivity contribution in [2.45, 2.75) is 38.1 Å². The minimum Gasteiger partial charge on any atom is -0.364 e. The lowest BCUT2D eigenvalue weighted by Gasteiger charge is -2.24. The number of hydrogen-bond acceptors (Lipinski definition) is 2. The number of aromatic amines is 1. The predicted octanol–water partition coefficient (Wildman–Crippen LogP) is 1.16. The summed E-state index contributed by atoms with van der Waals surface area (Å²) >= 11 is 0. The highest BCUT2D eigenvalue weighted by Crippen LogP contribution is 2.20. The Bertz CT molecular complexity index is 364. The smallest absolute Gasteiger partial charge is 0.237 e. The van der Waals surface area contributed by atoms with Crippen LogP contribution in [0.1, 0.15) is 32.4 Å². The van der Waals surface area contributed by atoms with Crippen LogP contribution >= 0.6 is 0 Å². The van der Waals surface area contributed by atoms with Crippen LogP contribution < -0.4 is 10.6 Å². The van der Waals surface area contributed by atoms with Crippen LogP contribution in [-0.4, -0.2) is 30.0 Å². The van der Waals surface area contributed by atoms with Gasteiger partial charge in [0.2, 0.25) is 5.91 Å². The van der Waals surface area contributed by atoms with Gasteiger partial charge in [-0.25, -0.2) is 0 Å². The van der Waals surface area contributed by atoms with Crippen molar-refractivity contribution in [3.63, 3.8) is 0 Å². The molecule has 2 heterocycles. The molecule has 1 unspecified atom stereocenters. The molecule has 0 spiro atoms. The Morgan fingerprint density at radius 1 is 1.59 bits per heavy atom. The molecule has 0 aliphatic carbocycles. The molecular formula is C13H21N3O. The van der Waals surface area contributed by atoms with Crippen molar-refractivity contribution in [2.75, 3.05) is 13.1 Å². The molecular weight excluding hydrogens is 214 g/mol. The fourth-order valence-electron chi connectivity index (χ4n) is 2.19. The third-order valence-electron chi connectivity index (χ3n) is 3.41. The van der Waals surface area contributed by atoms with Crippen LogP contribution in [0, 0.1) is 0 Å². The molecule has 0 bridgehead atoms. The average molecular weight is 235 g/mol. The van der Waals surface area contributed by atoms with Crippen LogP contribution in [0.15, 0.2) is 18.3 Å². The van der Waals surface area contributed by atoms with Crippen LogP contribution in [0.2, 0.25) is 0 Å². The van der Waals surface area contributed by atoms with Gasteiger partial charge in [-0.3, -0.25) is 4.79 Å². The summed E-state index contributed by atoms with van der Waals surface area (Å²) in [6.07, 6.45) is 3.96. The summed E-state index contributed by atoms with van der Waals surface area (Å²) in [5, 5.41) is 6.24. The molecule has 1 amide bonds. The number of aromatic nitrogens is 1. The molecule has 0 saturated carbocycles. The van der Waals surface area contributed by atoms with Crippen molar-refractivity contribution in [3.05, 3.63) is 24.0 Å². The van der Waals surface area contributed by atoms with Gasteiger partial charge in [-0.05, 0) is 31.5 Å².